The fourth-order valence-corrected chi connectivity index (χ4v) is 13.6. The molecule has 91 heavy (non-hydrogen) atoms. The average molecular weight is 1370 g/mol. The number of amides is 2. The van der Waals surface area contributed by atoms with Gasteiger partial charge in [-0.25, -0.2) is 9.03 Å². The van der Waals surface area contributed by atoms with Crippen LogP contribution >= 0.6 is 31.9 Å². The topological polar surface area (TPSA) is 181 Å². The third kappa shape index (κ3) is 10.7. The summed E-state index contributed by atoms with van der Waals surface area (Å²) in [6, 6.07) is 28.4. The van der Waals surface area contributed by atoms with Gasteiger partial charge in [0.25, 0.3) is 22.9 Å². The maximum absolute atomic E-state index is 15.1. The van der Waals surface area contributed by atoms with Gasteiger partial charge >= 0.3 is 12.4 Å². The summed E-state index contributed by atoms with van der Waals surface area (Å²) in [5.74, 6) is 0.381. The SMILES string of the molecule is C[C@H]1Cc2c(n3ncc(Cc4cccc(Cn5cnnc5-c5ccc(-n6c(=O)c7c(n8ncc(CC9CC9)c68)CN(C(=O)c6ccc(Br)c(C(F)(F)F)c6)[C@@H](C)C7)cc5)c4)c3n(-c3ccc(-c4nncn4C)cc3)c2=O)CN1C(=O)c1ccc(Br)c(C(F)(F)F)c1. The van der Waals surface area contributed by atoms with Crippen LogP contribution in [0.4, 0.5) is 26.3 Å². The number of aryl methyl sites for hydroxylation is 1. The molecule has 2 aliphatic heterocycles. The van der Waals surface area contributed by atoms with E-state index in [-0.39, 0.29) is 57.1 Å². The van der Waals surface area contributed by atoms with Crippen molar-refractivity contribution in [2.45, 2.75) is 96.4 Å². The zero-order valence-corrected chi connectivity index (χ0v) is 51.9. The Morgan fingerprint density at radius 1 is 0.593 bits per heavy atom. The van der Waals surface area contributed by atoms with Gasteiger partial charge in [0.15, 0.2) is 11.6 Å². The molecule has 0 spiro atoms. The van der Waals surface area contributed by atoms with E-state index in [1.165, 1.54) is 34.1 Å². The lowest BCUT2D eigenvalue weighted by Crippen LogP contribution is -2.46. The third-order valence-electron chi connectivity index (χ3n) is 17.5. The first-order valence-corrected chi connectivity index (χ1v) is 30.8. The second-order valence-electron chi connectivity index (χ2n) is 23.6. The van der Waals surface area contributed by atoms with Crippen molar-refractivity contribution in [2.24, 2.45) is 13.0 Å². The van der Waals surface area contributed by atoms with Crippen LogP contribution in [0.5, 0.6) is 0 Å². The summed E-state index contributed by atoms with van der Waals surface area (Å²) in [7, 11) is 1.83. The summed E-state index contributed by atoms with van der Waals surface area (Å²) in [5, 5.41) is 26.8. The highest BCUT2D eigenvalue weighted by molar-refractivity contribution is 9.10. The zero-order valence-electron chi connectivity index (χ0n) is 48.7. The number of hydrogen-bond donors (Lipinski definition) is 0. The summed E-state index contributed by atoms with van der Waals surface area (Å²) in [6.45, 7) is 3.74. The van der Waals surface area contributed by atoms with Gasteiger partial charge in [0, 0.05) is 79.0 Å². The second-order valence-corrected chi connectivity index (χ2v) is 25.3. The van der Waals surface area contributed by atoms with Gasteiger partial charge in [0.2, 0.25) is 0 Å². The molecule has 5 aromatic carbocycles. The Morgan fingerprint density at radius 3 is 1.58 bits per heavy atom. The van der Waals surface area contributed by atoms with Crippen LogP contribution in [0, 0.1) is 5.92 Å². The number of hydrogen-bond acceptors (Lipinski definition) is 10. The molecule has 26 heteroatoms. The van der Waals surface area contributed by atoms with E-state index in [0.717, 1.165) is 47.2 Å². The van der Waals surface area contributed by atoms with Crippen LogP contribution in [0.25, 0.3) is 45.4 Å². The molecule has 0 unspecified atom stereocenters. The van der Waals surface area contributed by atoms with Crippen molar-refractivity contribution in [1.82, 2.24) is 67.7 Å². The van der Waals surface area contributed by atoms with Crippen molar-refractivity contribution >= 4 is 55.0 Å². The first kappa shape index (κ1) is 59.3. The standard InChI is InChI=1S/C65H52Br2F6N14O4/c1-35-21-48-54(31-82(35)60(88)42-13-19-52(66)50(26-42)64(68,69)70)86-58(44(28-76-86)24-37-7-8-37)84(62(48)90)47-17-11-41(12-18-47)57-79-75-34-81(57)30-39-6-4-5-38(23-39)25-45-29-77-87-55-32-83(61(89)43-14-20-53(67)51(27-43)65(71,72)73)36(2)22-49(55)63(91)85(59(45)87)46-15-9-40(10-16-46)56-78-74-33-80(56)3/h4-6,9-20,23,26-29,33-37H,7-8,21-22,24-25,30-32H2,1-3H3/t35-,36-/m0/s1. The van der Waals surface area contributed by atoms with Gasteiger partial charge in [0.05, 0.1) is 65.9 Å². The van der Waals surface area contributed by atoms with E-state index in [0.29, 0.717) is 93.3 Å². The number of fused-ring (bicyclic) bond motifs is 6. The Bertz CT molecular complexity index is 4890. The fourth-order valence-electron chi connectivity index (χ4n) is 12.7. The van der Waals surface area contributed by atoms with Crippen molar-refractivity contribution in [3.8, 4) is 34.2 Å². The summed E-state index contributed by atoms with van der Waals surface area (Å²) in [6.07, 6.45) is 0.590. The largest absolute Gasteiger partial charge is 0.417 e. The van der Waals surface area contributed by atoms with Crippen molar-refractivity contribution in [3.63, 3.8) is 0 Å². The molecule has 3 aliphatic rings. The molecule has 0 saturated heterocycles. The Morgan fingerprint density at radius 2 is 1.08 bits per heavy atom. The first-order chi connectivity index (χ1) is 43.6. The zero-order chi connectivity index (χ0) is 63.5. The van der Waals surface area contributed by atoms with Crippen LogP contribution in [-0.4, -0.2) is 91.6 Å². The van der Waals surface area contributed by atoms with Gasteiger partial charge in [-0.1, -0.05) is 56.1 Å². The van der Waals surface area contributed by atoms with Crippen molar-refractivity contribution in [2.75, 3.05) is 0 Å². The number of benzene rings is 5. The molecule has 11 aromatic rings. The van der Waals surface area contributed by atoms with E-state index < -0.39 is 47.4 Å². The molecule has 2 amide bonds. The lowest BCUT2D eigenvalue weighted by molar-refractivity contribution is -0.139. The van der Waals surface area contributed by atoms with Crippen LogP contribution in [0.3, 0.4) is 0 Å². The predicted octanol–water partition coefficient (Wildman–Crippen LogP) is 11.7. The van der Waals surface area contributed by atoms with Gasteiger partial charge in [-0.3, -0.25) is 28.3 Å². The van der Waals surface area contributed by atoms with E-state index in [9.17, 15) is 40.7 Å². The van der Waals surface area contributed by atoms with Crippen LogP contribution in [0.1, 0.15) is 103 Å². The van der Waals surface area contributed by atoms with E-state index >= 15 is 4.79 Å². The lowest BCUT2D eigenvalue weighted by Gasteiger charge is -2.35. The lowest BCUT2D eigenvalue weighted by atomic mass is 9.97. The van der Waals surface area contributed by atoms with Crippen LogP contribution in [-0.2, 0) is 64.7 Å². The maximum Gasteiger partial charge on any atom is 0.417 e. The van der Waals surface area contributed by atoms with Crippen LogP contribution in [0.15, 0.2) is 153 Å². The van der Waals surface area contributed by atoms with Crippen LogP contribution < -0.4 is 11.1 Å². The molecule has 1 fully saturated rings. The molecule has 8 heterocycles. The number of alkyl halides is 6. The number of carbonyl (C=O) groups is 2. The smallest absolute Gasteiger partial charge is 0.330 e. The van der Waals surface area contributed by atoms with E-state index in [1.807, 2.05) is 84.4 Å². The molecule has 462 valence electrons. The number of carbonyl (C=O) groups excluding carboxylic acids is 2. The van der Waals surface area contributed by atoms with Gasteiger partial charge in [0.1, 0.15) is 23.9 Å². The highest BCUT2D eigenvalue weighted by atomic mass is 79.9. The predicted molar refractivity (Wildman–Crippen MR) is 330 cm³/mol. The Kier molecular flexibility index (Phi) is 14.7. The Hall–Kier alpha value is -9.30. The van der Waals surface area contributed by atoms with Crippen molar-refractivity contribution in [3.05, 3.63) is 231 Å². The Labute approximate surface area is 530 Å². The minimum Gasteiger partial charge on any atom is -0.330 e. The van der Waals surface area contributed by atoms with Crippen molar-refractivity contribution in [1.29, 1.82) is 0 Å². The number of halogens is 8. The first-order valence-electron chi connectivity index (χ1n) is 29.2. The molecular formula is C65H52Br2F6N14O4. The molecule has 18 nitrogen and oxygen atoms in total. The summed E-state index contributed by atoms with van der Waals surface area (Å²) < 4.78 is 94.0. The number of aromatic nitrogens is 12. The van der Waals surface area contributed by atoms with Crippen molar-refractivity contribution < 1.29 is 35.9 Å². The van der Waals surface area contributed by atoms with Gasteiger partial charge < -0.3 is 18.9 Å². The molecular weight excluding hydrogens is 1310 g/mol. The molecule has 14 rings (SSSR count). The quantitative estimate of drug-likeness (QED) is 0.107. The molecule has 0 bridgehead atoms. The van der Waals surface area contributed by atoms with Gasteiger partial charge in [-0.2, -0.15) is 36.5 Å². The molecule has 1 aliphatic carbocycles. The highest BCUT2D eigenvalue weighted by Crippen LogP contribution is 2.40. The monoisotopic (exact) mass is 1360 g/mol. The molecule has 6 aromatic heterocycles. The van der Waals surface area contributed by atoms with E-state index in [4.69, 9.17) is 10.2 Å². The normalized spacial score (nSPS) is 16.0. The molecule has 1 saturated carbocycles. The number of rotatable bonds is 12. The van der Waals surface area contributed by atoms with Gasteiger partial charge in [-0.05, 0) is 148 Å². The van der Waals surface area contributed by atoms with Crippen LogP contribution in [0.2, 0.25) is 0 Å². The molecule has 0 N–H and O–H groups in total. The minimum absolute atomic E-state index is 0.0470. The fraction of sp³-hybridized carbons (Fsp3) is 0.262. The summed E-state index contributed by atoms with van der Waals surface area (Å²) in [5.41, 5.74) is 5.89. The average Bonchev–Trinajstić information content (AvgIpc) is 1.71. The maximum atomic E-state index is 15.1. The summed E-state index contributed by atoms with van der Waals surface area (Å²) >= 11 is 5.95. The van der Waals surface area contributed by atoms with E-state index in [1.54, 1.807) is 61.6 Å². The number of nitrogens with zero attached hydrogens (tertiary/aromatic N) is 14. The summed E-state index contributed by atoms with van der Waals surface area (Å²) in [4.78, 5) is 61.3. The second kappa shape index (κ2) is 22.6. The highest BCUT2D eigenvalue weighted by Gasteiger charge is 2.39. The third-order valence-corrected chi connectivity index (χ3v) is 18.9. The van der Waals surface area contributed by atoms with E-state index in [2.05, 4.69) is 52.3 Å². The van der Waals surface area contributed by atoms with Gasteiger partial charge in [-0.15, -0.1) is 20.4 Å². The Balaban J connectivity index is 0.763. The minimum atomic E-state index is -4.71. The molecule has 2 atom stereocenters. The molecule has 0 radical (unpaired) electrons.